The van der Waals surface area contributed by atoms with Gasteiger partial charge in [0.2, 0.25) is 0 Å². The number of rotatable bonds is 3. The van der Waals surface area contributed by atoms with Gasteiger partial charge in [0.05, 0.1) is 6.04 Å². The molecule has 0 aliphatic carbocycles. The lowest BCUT2D eigenvalue weighted by molar-refractivity contribution is 0.694. The second kappa shape index (κ2) is 5.41. The lowest BCUT2D eigenvalue weighted by atomic mass is 9.99. The Morgan fingerprint density at radius 1 is 1.26 bits per heavy atom. The Balaban J connectivity index is 2.14. The standard InChI is InChI=1S/C15H13BrN2S/c1-17-14(11-7-12(16)9-18-8-11)13-4-2-3-10-5-6-19-15(10)13/h2-9,14,17H,1H3. The molecule has 0 fully saturated rings. The van der Waals surface area contributed by atoms with E-state index in [9.17, 15) is 0 Å². The van der Waals surface area contributed by atoms with Crippen LogP contribution >= 0.6 is 27.3 Å². The predicted molar refractivity (Wildman–Crippen MR) is 84.7 cm³/mol. The molecule has 2 aromatic heterocycles. The van der Waals surface area contributed by atoms with Crippen molar-refractivity contribution in [2.45, 2.75) is 6.04 Å². The summed E-state index contributed by atoms with van der Waals surface area (Å²) in [7, 11) is 1.98. The molecule has 0 aliphatic heterocycles. The van der Waals surface area contributed by atoms with E-state index in [4.69, 9.17) is 0 Å². The van der Waals surface area contributed by atoms with Crippen molar-refractivity contribution in [2.75, 3.05) is 7.05 Å². The summed E-state index contributed by atoms with van der Waals surface area (Å²) in [6, 6.07) is 10.9. The van der Waals surface area contributed by atoms with E-state index in [1.807, 2.05) is 19.4 Å². The fourth-order valence-corrected chi connectivity index (χ4v) is 3.66. The third kappa shape index (κ3) is 2.43. The summed E-state index contributed by atoms with van der Waals surface area (Å²) in [6.45, 7) is 0. The van der Waals surface area contributed by atoms with Gasteiger partial charge >= 0.3 is 0 Å². The molecule has 2 heterocycles. The fourth-order valence-electron chi connectivity index (χ4n) is 2.33. The monoisotopic (exact) mass is 332 g/mol. The number of hydrogen-bond donors (Lipinski definition) is 1. The molecule has 4 heteroatoms. The number of nitrogens with zero attached hydrogens (tertiary/aromatic N) is 1. The highest BCUT2D eigenvalue weighted by molar-refractivity contribution is 9.10. The molecule has 3 aromatic rings. The van der Waals surface area contributed by atoms with Crippen LogP contribution in [0.5, 0.6) is 0 Å². The fraction of sp³-hybridized carbons (Fsp3) is 0.133. The van der Waals surface area contributed by atoms with Crippen LogP contribution in [0.25, 0.3) is 10.1 Å². The van der Waals surface area contributed by atoms with Crippen molar-refractivity contribution in [1.29, 1.82) is 0 Å². The molecule has 0 saturated carbocycles. The third-order valence-electron chi connectivity index (χ3n) is 3.17. The zero-order valence-electron chi connectivity index (χ0n) is 10.4. The Labute approximate surface area is 124 Å². The summed E-state index contributed by atoms with van der Waals surface area (Å²) >= 11 is 5.27. The topological polar surface area (TPSA) is 24.9 Å². The largest absolute Gasteiger partial charge is 0.309 e. The second-order valence-electron chi connectivity index (χ2n) is 4.34. The Bertz CT molecular complexity index is 708. The van der Waals surface area contributed by atoms with Crippen molar-refractivity contribution in [2.24, 2.45) is 0 Å². The van der Waals surface area contributed by atoms with Crippen molar-refractivity contribution in [3.8, 4) is 0 Å². The van der Waals surface area contributed by atoms with Gasteiger partial charge in [-0.2, -0.15) is 0 Å². The molecule has 3 rings (SSSR count). The summed E-state index contributed by atoms with van der Waals surface area (Å²) in [4.78, 5) is 4.26. The van der Waals surface area contributed by atoms with Crippen LogP contribution in [0.2, 0.25) is 0 Å². The Kier molecular flexibility index (Phi) is 3.64. The second-order valence-corrected chi connectivity index (χ2v) is 6.18. The molecule has 0 amide bonds. The quantitative estimate of drug-likeness (QED) is 0.770. The number of thiophene rings is 1. The van der Waals surface area contributed by atoms with E-state index in [0.29, 0.717) is 0 Å². The number of aromatic nitrogens is 1. The molecular weight excluding hydrogens is 320 g/mol. The molecule has 0 spiro atoms. The maximum Gasteiger partial charge on any atom is 0.0604 e. The van der Waals surface area contributed by atoms with Crippen LogP contribution in [0.3, 0.4) is 0 Å². The van der Waals surface area contributed by atoms with Gasteiger partial charge in [0.15, 0.2) is 0 Å². The number of pyridine rings is 1. The average molecular weight is 333 g/mol. The van der Waals surface area contributed by atoms with E-state index in [1.54, 1.807) is 11.3 Å². The lowest BCUT2D eigenvalue weighted by Gasteiger charge is -2.18. The molecule has 2 nitrogen and oxygen atoms in total. The normalized spacial score (nSPS) is 12.7. The van der Waals surface area contributed by atoms with Crippen LogP contribution in [-0.4, -0.2) is 12.0 Å². The van der Waals surface area contributed by atoms with Crippen LogP contribution in [-0.2, 0) is 0 Å². The van der Waals surface area contributed by atoms with E-state index < -0.39 is 0 Å². The third-order valence-corrected chi connectivity index (χ3v) is 4.58. The zero-order chi connectivity index (χ0) is 13.2. The molecule has 0 radical (unpaired) electrons. The first-order valence-corrected chi connectivity index (χ1v) is 7.70. The maximum atomic E-state index is 4.26. The van der Waals surface area contributed by atoms with Gasteiger partial charge in [-0.05, 0) is 57.0 Å². The van der Waals surface area contributed by atoms with Crippen LogP contribution in [0, 0.1) is 0 Å². The number of nitrogens with one attached hydrogen (secondary N) is 1. The molecular formula is C15H13BrN2S. The molecule has 1 unspecified atom stereocenters. The van der Waals surface area contributed by atoms with Gasteiger partial charge < -0.3 is 5.32 Å². The summed E-state index contributed by atoms with van der Waals surface area (Å²) in [5.74, 6) is 0. The van der Waals surface area contributed by atoms with E-state index in [2.05, 4.69) is 61.9 Å². The smallest absolute Gasteiger partial charge is 0.0604 e. The minimum atomic E-state index is 0.160. The lowest BCUT2D eigenvalue weighted by Crippen LogP contribution is -2.17. The highest BCUT2D eigenvalue weighted by Crippen LogP contribution is 2.32. The highest BCUT2D eigenvalue weighted by Gasteiger charge is 2.15. The van der Waals surface area contributed by atoms with Gasteiger partial charge in [-0.15, -0.1) is 11.3 Å². The minimum absolute atomic E-state index is 0.160. The highest BCUT2D eigenvalue weighted by atomic mass is 79.9. The van der Waals surface area contributed by atoms with Crippen molar-refractivity contribution < 1.29 is 0 Å². The van der Waals surface area contributed by atoms with Gasteiger partial charge in [-0.3, -0.25) is 4.98 Å². The average Bonchev–Trinajstić information content (AvgIpc) is 2.89. The van der Waals surface area contributed by atoms with Crippen LogP contribution in [0.15, 0.2) is 52.6 Å². The summed E-state index contributed by atoms with van der Waals surface area (Å²) < 4.78 is 2.34. The first-order chi connectivity index (χ1) is 9.29. The number of benzene rings is 1. The zero-order valence-corrected chi connectivity index (χ0v) is 12.8. The Hall–Kier alpha value is -1.23. The van der Waals surface area contributed by atoms with Gasteiger partial charge in [0, 0.05) is 21.6 Å². The number of fused-ring (bicyclic) bond motifs is 1. The predicted octanol–water partition coefficient (Wildman–Crippen LogP) is 4.37. The van der Waals surface area contributed by atoms with Crippen LogP contribution in [0.4, 0.5) is 0 Å². The minimum Gasteiger partial charge on any atom is -0.309 e. The van der Waals surface area contributed by atoms with Crippen molar-refractivity contribution in [3.63, 3.8) is 0 Å². The summed E-state index contributed by atoms with van der Waals surface area (Å²) in [5, 5.41) is 6.83. The first-order valence-electron chi connectivity index (χ1n) is 6.03. The van der Waals surface area contributed by atoms with Crippen LogP contribution < -0.4 is 5.32 Å². The maximum absolute atomic E-state index is 4.26. The van der Waals surface area contributed by atoms with Crippen molar-refractivity contribution >= 4 is 37.4 Å². The van der Waals surface area contributed by atoms with Gasteiger partial charge in [0.25, 0.3) is 0 Å². The summed E-state index contributed by atoms with van der Waals surface area (Å²) in [5.41, 5.74) is 2.47. The molecule has 0 aliphatic rings. The molecule has 0 saturated heterocycles. The van der Waals surface area contributed by atoms with Gasteiger partial charge in [-0.25, -0.2) is 0 Å². The Morgan fingerprint density at radius 3 is 2.95 bits per heavy atom. The summed E-state index contributed by atoms with van der Waals surface area (Å²) in [6.07, 6.45) is 3.72. The van der Waals surface area contributed by atoms with E-state index in [1.165, 1.54) is 15.6 Å². The Morgan fingerprint density at radius 2 is 2.16 bits per heavy atom. The molecule has 1 aromatic carbocycles. The van der Waals surface area contributed by atoms with Crippen molar-refractivity contribution in [3.05, 3.63) is 63.7 Å². The van der Waals surface area contributed by atoms with E-state index in [0.717, 1.165) is 10.0 Å². The number of hydrogen-bond acceptors (Lipinski definition) is 3. The molecule has 1 N–H and O–H groups in total. The molecule has 0 bridgehead atoms. The van der Waals surface area contributed by atoms with Gasteiger partial charge in [0.1, 0.15) is 0 Å². The van der Waals surface area contributed by atoms with Gasteiger partial charge in [-0.1, -0.05) is 18.2 Å². The van der Waals surface area contributed by atoms with E-state index >= 15 is 0 Å². The van der Waals surface area contributed by atoms with Crippen LogP contribution in [0.1, 0.15) is 17.2 Å². The molecule has 1 atom stereocenters. The van der Waals surface area contributed by atoms with E-state index in [-0.39, 0.29) is 6.04 Å². The first kappa shape index (κ1) is 12.8. The molecule has 96 valence electrons. The number of halogens is 1. The SMILES string of the molecule is CNC(c1cncc(Br)c1)c1cccc2ccsc12. The van der Waals surface area contributed by atoms with Crippen molar-refractivity contribution in [1.82, 2.24) is 10.3 Å². The molecule has 19 heavy (non-hydrogen) atoms.